The fourth-order valence-corrected chi connectivity index (χ4v) is 5.68. The summed E-state index contributed by atoms with van der Waals surface area (Å²) in [5, 5.41) is 27.9. The number of nitrogens with one attached hydrogen (secondary N) is 3. The van der Waals surface area contributed by atoms with Crippen molar-refractivity contribution in [2.45, 2.75) is 118 Å². The summed E-state index contributed by atoms with van der Waals surface area (Å²) in [6, 6.07) is 8.36. The van der Waals surface area contributed by atoms with Gasteiger partial charge < -0.3 is 30.6 Å². The zero-order chi connectivity index (χ0) is 37.9. The summed E-state index contributed by atoms with van der Waals surface area (Å²) in [6.45, 7) is 16.6. The Balaban J connectivity index is 0. The molecule has 1 aromatic carbocycles. The monoisotopic (exact) mass is 697 g/mol. The fraction of sp³-hybridized carbons (Fsp3) is 0.676. The van der Waals surface area contributed by atoms with Crippen molar-refractivity contribution < 1.29 is 33.4 Å². The Morgan fingerprint density at radius 2 is 1.57 bits per heavy atom. The van der Waals surface area contributed by atoms with E-state index in [2.05, 4.69) is 38.0 Å². The van der Waals surface area contributed by atoms with Crippen LogP contribution in [-0.4, -0.2) is 89.4 Å². The number of likely N-dealkylation sites (tertiary alicyclic amines) is 1. The highest BCUT2D eigenvalue weighted by molar-refractivity contribution is 6.37. The average Bonchev–Trinajstić information content (AvgIpc) is 3.49. The van der Waals surface area contributed by atoms with Crippen LogP contribution in [0.2, 0.25) is 0 Å². The van der Waals surface area contributed by atoms with Crippen LogP contribution in [0.5, 0.6) is 0 Å². The van der Waals surface area contributed by atoms with Crippen LogP contribution in [0.25, 0.3) is 0 Å². The molecular formula is C37H65F2N5O5. The highest BCUT2D eigenvalue weighted by Gasteiger charge is 2.36. The maximum atomic E-state index is 13.3. The van der Waals surface area contributed by atoms with E-state index in [-0.39, 0.29) is 49.1 Å². The van der Waals surface area contributed by atoms with E-state index in [0.29, 0.717) is 19.4 Å². The normalized spacial score (nSPS) is 17.3. The summed E-state index contributed by atoms with van der Waals surface area (Å²) in [7, 11) is 2.00. The van der Waals surface area contributed by atoms with Crippen LogP contribution < -0.4 is 10.6 Å². The van der Waals surface area contributed by atoms with Gasteiger partial charge >= 0.3 is 0 Å². The Kier molecular flexibility index (Phi) is 27.7. The zero-order valence-electron chi connectivity index (χ0n) is 31.2. The topological polar surface area (TPSA) is 146 Å². The van der Waals surface area contributed by atoms with Crippen molar-refractivity contribution in [1.29, 1.82) is 5.41 Å². The Morgan fingerprint density at radius 1 is 1.02 bits per heavy atom. The highest BCUT2D eigenvalue weighted by Crippen LogP contribution is 2.29. The number of carbonyl (C=O) groups excluding carboxylic acids is 3. The first kappa shape index (κ1) is 47.7. The van der Waals surface area contributed by atoms with E-state index in [9.17, 15) is 23.2 Å². The number of aliphatic hydroxyl groups excluding tert-OH is 2. The SMILES string of the molecule is C=CN(Cc1ccccc1)C(=N)C(=O)NC(C(=O)NCC(=O)N1CC[C@H](CCC(F)F)C1C)C1CCCCC1.CC.CC(C)C.CO.CO. The van der Waals surface area contributed by atoms with Gasteiger partial charge in [-0.2, -0.15) is 0 Å². The van der Waals surface area contributed by atoms with Gasteiger partial charge in [0.2, 0.25) is 18.2 Å². The molecule has 3 amide bonds. The zero-order valence-corrected chi connectivity index (χ0v) is 31.2. The van der Waals surface area contributed by atoms with Crippen LogP contribution in [0.15, 0.2) is 43.1 Å². The Bertz CT molecular complexity index is 1050. The van der Waals surface area contributed by atoms with Crippen LogP contribution in [0.1, 0.15) is 98.5 Å². The summed E-state index contributed by atoms with van der Waals surface area (Å²) in [4.78, 5) is 42.3. The molecule has 0 spiro atoms. The smallest absolute Gasteiger partial charge is 0.287 e. The molecule has 2 fully saturated rings. The molecule has 12 heteroatoms. The quantitative estimate of drug-likeness (QED) is 0.142. The molecular weight excluding hydrogens is 632 g/mol. The van der Waals surface area contributed by atoms with E-state index in [1.54, 1.807) is 4.90 Å². The molecule has 49 heavy (non-hydrogen) atoms. The van der Waals surface area contributed by atoms with Gasteiger partial charge in [-0.3, -0.25) is 19.8 Å². The summed E-state index contributed by atoms with van der Waals surface area (Å²) in [5.74, 6) is -0.968. The highest BCUT2D eigenvalue weighted by atomic mass is 19.3. The van der Waals surface area contributed by atoms with Crippen LogP contribution in [0.4, 0.5) is 8.78 Å². The van der Waals surface area contributed by atoms with Crippen LogP contribution in [-0.2, 0) is 20.9 Å². The molecule has 10 nitrogen and oxygen atoms in total. The first-order valence-electron chi connectivity index (χ1n) is 17.5. The number of amidine groups is 1. The maximum absolute atomic E-state index is 13.3. The third-order valence-corrected chi connectivity index (χ3v) is 8.01. The van der Waals surface area contributed by atoms with Gasteiger partial charge in [0, 0.05) is 39.8 Å². The Labute approximate surface area is 294 Å². The number of benzene rings is 1. The third-order valence-electron chi connectivity index (χ3n) is 8.01. The molecule has 1 aliphatic heterocycles. The number of rotatable bonds is 11. The molecule has 5 N–H and O–H groups in total. The second kappa shape index (κ2) is 28.5. The first-order chi connectivity index (χ1) is 23.4. The largest absolute Gasteiger partial charge is 0.400 e. The molecule has 1 aromatic rings. The standard InChI is InChI=1S/C29H41F2N5O3.C4H10.C2H6.2CH4O/c1-3-35(19-21-10-6-4-7-11-21)27(32)29(39)34-26(23-12-8-5-9-13-23)28(38)33-18-25(37)36-17-16-22(20(36)2)14-15-24(30)31;1-4(2)3;3*1-2/h3-4,6-7,10-11,20,22-24,26,32H,1,5,8-9,12-19H2,2H3,(H,33,38)(H,34,39);4H,1-3H3;1-2H3;2*2H,1H3/t20?,22-,26?;;;;/m0..../s1. The maximum Gasteiger partial charge on any atom is 0.287 e. The van der Waals surface area contributed by atoms with Gasteiger partial charge in [-0.05, 0) is 62.1 Å². The number of hydrogen-bond acceptors (Lipinski definition) is 6. The van der Waals surface area contributed by atoms with Gasteiger partial charge in [0.1, 0.15) is 6.04 Å². The molecule has 1 saturated heterocycles. The van der Waals surface area contributed by atoms with Crippen molar-refractivity contribution in [3.05, 3.63) is 48.7 Å². The van der Waals surface area contributed by atoms with Crippen molar-refractivity contribution >= 4 is 23.6 Å². The van der Waals surface area contributed by atoms with E-state index < -0.39 is 24.3 Å². The van der Waals surface area contributed by atoms with E-state index in [1.807, 2.05) is 51.1 Å². The minimum atomic E-state index is -2.36. The van der Waals surface area contributed by atoms with Crippen molar-refractivity contribution in [2.24, 2.45) is 17.8 Å². The number of alkyl halides is 2. The van der Waals surface area contributed by atoms with Gasteiger partial charge in [0.05, 0.1) is 6.54 Å². The number of nitrogens with zero attached hydrogens (tertiary/aromatic N) is 2. The van der Waals surface area contributed by atoms with E-state index in [4.69, 9.17) is 15.6 Å². The van der Waals surface area contributed by atoms with E-state index in [0.717, 1.165) is 57.8 Å². The predicted molar refractivity (Wildman–Crippen MR) is 194 cm³/mol. The van der Waals surface area contributed by atoms with Gasteiger partial charge in [-0.25, -0.2) is 8.78 Å². The lowest BCUT2D eigenvalue weighted by Crippen LogP contribution is -2.55. The summed E-state index contributed by atoms with van der Waals surface area (Å²) < 4.78 is 25.3. The molecule has 282 valence electrons. The number of amides is 3. The van der Waals surface area contributed by atoms with Crippen LogP contribution in [0.3, 0.4) is 0 Å². The first-order valence-corrected chi connectivity index (χ1v) is 17.5. The summed E-state index contributed by atoms with van der Waals surface area (Å²) in [5.41, 5.74) is 0.905. The van der Waals surface area contributed by atoms with Gasteiger partial charge in [0.25, 0.3) is 5.91 Å². The molecule has 1 aliphatic carbocycles. The molecule has 1 heterocycles. The molecule has 0 aromatic heterocycles. The van der Waals surface area contributed by atoms with Crippen molar-refractivity contribution in [3.8, 4) is 0 Å². The number of hydrogen-bond donors (Lipinski definition) is 5. The fourth-order valence-electron chi connectivity index (χ4n) is 5.68. The second-order valence-electron chi connectivity index (χ2n) is 12.3. The van der Waals surface area contributed by atoms with E-state index in [1.165, 1.54) is 11.1 Å². The number of aliphatic hydroxyl groups is 2. The minimum Gasteiger partial charge on any atom is -0.400 e. The second-order valence-corrected chi connectivity index (χ2v) is 12.3. The number of halogens is 2. The molecule has 0 bridgehead atoms. The van der Waals surface area contributed by atoms with Crippen LogP contribution in [0, 0.1) is 23.2 Å². The Morgan fingerprint density at radius 3 is 2.08 bits per heavy atom. The lowest BCUT2D eigenvalue weighted by Gasteiger charge is -2.31. The molecule has 2 unspecified atom stereocenters. The summed E-state index contributed by atoms with van der Waals surface area (Å²) >= 11 is 0. The van der Waals surface area contributed by atoms with Gasteiger partial charge in [-0.1, -0.05) is 90.8 Å². The van der Waals surface area contributed by atoms with Crippen molar-refractivity contribution in [3.63, 3.8) is 0 Å². The Hall–Kier alpha value is -3.38. The molecule has 0 radical (unpaired) electrons. The van der Waals surface area contributed by atoms with E-state index >= 15 is 0 Å². The molecule has 2 aliphatic rings. The predicted octanol–water partition coefficient (Wildman–Crippen LogP) is 5.98. The molecule has 1 saturated carbocycles. The van der Waals surface area contributed by atoms with Crippen LogP contribution >= 0.6 is 0 Å². The molecule has 3 atom stereocenters. The summed E-state index contributed by atoms with van der Waals surface area (Å²) in [6.07, 6.45) is 4.39. The number of carbonyl (C=O) groups is 3. The average molecular weight is 698 g/mol. The van der Waals surface area contributed by atoms with Gasteiger partial charge in [0.15, 0.2) is 5.84 Å². The molecule has 3 rings (SSSR count). The van der Waals surface area contributed by atoms with Gasteiger partial charge in [-0.15, -0.1) is 0 Å². The third kappa shape index (κ3) is 18.8. The van der Waals surface area contributed by atoms with Crippen molar-refractivity contribution in [1.82, 2.24) is 20.4 Å². The lowest BCUT2D eigenvalue weighted by molar-refractivity contribution is -0.135. The minimum absolute atomic E-state index is 0.0163. The van der Waals surface area contributed by atoms with Crippen molar-refractivity contribution in [2.75, 3.05) is 27.3 Å². The lowest BCUT2D eigenvalue weighted by atomic mass is 9.83.